The third kappa shape index (κ3) is 6.25. The van der Waals surface area contributed by atoms with Gasteiger partial charge in [-0.05, 0) is 90.5 Å². The van der Waals surface area contributed by atoms with Gasteiger partial charge in [-0.3, -0.25) is 9.59 Å². The number of hydrazone groups is 1. The van der Waals surface area contributed by atoms with Crippen molar-refractivity contribution in [3.05, 3.63) is 120 Å². The molecule has 0 bridgehead atoms. The minimum absolute atomic E-state index is 0.0299. The maximum absolute atomic E-state index is 13.7. The van der Waals surface area contributed by atoms with E-state index >= 15 is 0 Å². The van der Waals surface area contributed by atoms with Crippen molar-refractivity contribution in [1.29, 1.82) is 0 Å². The van der Waals surface area contributed by atoms with Crippen molar-refractivity contribution in [1.82, 2.24) is 0 Å². The molecule has 0 aromatic heterocycles. The van der Waals surface area contributed by atoms with Crippen molar-refractivity contribution < 1.29 is 23.8 Å². The van der Waals surface area contributed by atoms with Crippen LogP contribution in [0.3, 0.4) is 0 Å². The van der Waals surface area contributed by atoms with E-state index in [0.29, 0.717) is 45.3 Å². The summed E-state index contributed by atoms with van der Waals surface area (Å²) in [6.07, 6.45) is -0.0299. The van der Waals surface area contributed by atoms with E-state index in [-0.39, 0.29) is 18.1 Å². The summed E-state index contributed by atoms with van der Waals surface area (Å²) in [7, 11) is 4.73. The lowest BCUT2D eigenvalue weighted by molar-refractivity contribution is 0.0980. The van der Waals surface area contributed by atoms with E-state index in [1.807, 2.05) is 30.3 Å². The van der Waals surface area contributed by atoms with Crippen LogP contribution in [0.5, 0.6) is 17.2 Å². The Hall–Kier alpha value is -4.91. The Morgan fingerprint density at radius 2 is 1.05 bits per heavy atom. The fourth-order valence-corrected chi connectivity index (χ4v) is 3.78. The Kier molecular flexibility index (Phi) is 8.51. The van der Waals surface area contributed by atoms with Gasteiger partial charge in [0.2, 0.25) is 0 Å². The molecule has 0 aliphatic carbocycles. The average Bonchev–Trinajstić information content (AvgIpc) is 2.99. The second-order valence-corrected chi connectivity index (χ2v) is 8.28. The van der Waals surface area contributed by atoms with E-state index < -0.39 is 0 Å². The first-order chi connectivity index (χ1) is 18.5. The number of amides is 1. The molecule has 4 rings (SSSR count). The van der Waals surface area contributed by atoms with Crippen molar-refractivity contribution in [2.45, 2.75) is 6.42 Å². The number of ketones is 1. The van der Waals surface area contributed by atoms with Gasteiger partial charge in [-0.25, -0.2) is 0 Å². The summed E-state index contributed by atoms with van der Waals surface area (Å²) in [5, 5.41) is 6.10. The van der Waals surface area contributed by atoms with Crippen molar-refractivity contribution >= 4 is 23.1 Å². The van der Waals surface area contributed by atoms with Gasteiger partial charge in [-0.15, -0.1) is 0 Å². The van der Waals surface area contributed by atoms with E-state index in [9.17, 15) is 9.59 Å². The Morgan fingerprint density at radius 3 is 1.53 bits per heavy atom. The van der Waals surface area contributed by atoms with Gasteiger partial charge in [0.25, 0.3) is 5.91 Å². The van der Waals surface area contributed by atoms with Gasteiger partial charge in [-0.2, -0.15) is 10.1 Å². The number of anilines is 1. The number of para-hydroxylation sites is 1. The number of benzene rings is 4. The normalized spacial score (nSPS) is 11.0. The minimum Gasteiger partial charge on any atom is -0.497 e. The molecule has 192 valence electrons. The fraction of sp³-hybridized carbons (Fsp3) is 0.129. The highest BCUT2D eigenvalue weighted by atomic mass is 16.5. The van der Waals surface area contributed by atoms with E-state index in [1.54, 1.807) is 94.1 Å². The van der Waals surface area contributed by atoms with Gasteiger partial charge in [0.15, 0.2) is 5.78 Å². The summed E-state index contributed by atoms with van der Waals surface area (Å²) in [6.45, 7) is 0. The molecule has 0 aliphatic rings. The molecule has 0 spiro atoms. The zero-order valence-corrected chi connectivity index (χ0v) is 21.5. The van der Waals surface area contributed by atoms with Crippen molar-refractivity contribution in [2.24, 2.45) is 5.10 Å². The predicted octanol–water partition coefficient (Wildman–Crippen LogP) is 6.04. The average molecular weight is 509 g/mol. The highest BCUT2D eigenvalue weighted by Gasteiger charge is 2.21. The summed E-state index contributed by atoms with van der Waals surface area (Å²) in [5.41, 5.74) is 2.63. The standard InChI is InChI=1S/C31H28N2O5/c1-36-26-15-9-22(10-16-26)29(21-30(34)23-11-17-27(37-2)18-12-23)32-33(25-7-5-4-6-8-25)31(35)24-13-19-28(38-3)20-14-24/h4-20H,21H2,1-3H3. The number of hydrogen-bond donors (Lipinski definition) is 0. The maximum atomic E-state index is 13.7. The highest BCUT2D eigenvalue weighted by molar-refractivity contribution is 6.17. The van der Waals surface area contributed by atoms with Crippen LogP contribution in [-0.4, -0.2) is 38.7 Å². The molecule has 4 aromatic carbocycles. The van der Waals surface area contributed by atoms with Crippen LogP contribution >= 0.6 is 0 Å². The van der Waals surface area contributed by atoms with Crippen molar-refractivity contribution in [3.8, 4) is 17.2 Å². The Labute approximate surface area is 221 Å². The molecule has 0 saturated heterocycles. The van der Waals surface area contributed by atoms with Crippen molar-refractivity contribution in [3.63, 3.8) is 0 Å². The minimum atomic E-state index is -0.346. The van der Waals surface area contributed by atoms with Gasteiger partial charge in [-0.1, -0.05) is 18.2 Å². The molecule has 0 saturated carbocycles. The first-order valence-electron chi connectivity index (χ1n) is 11.9. The molecule has 0 unspecified atom stereocenters. The van der Waals surface area contributed by atoms with Gasteiger partial charge in [0.05, 0.1) is 39.1 Å². The molecule has 0 fully saturated rings. The number of methoxy groups -OCH3 is 3. The molecule has 7 nitrogen and oxygen atoms in total. The van der Waals surface area contributed by atoms with Crippen LogP contribution < -0.4 is 19.2 Å². The largest absolute Gasteiger partial charge is 0.497 e. The quantitative estimate of drug-likeness (QED) is 0.148. The van der Waals surface area contributed by atoms with Crippen LogP contribution in [-0.2, 0) is 0 Å². The van der Waals surface area contributed by atoms with Crippen LogP contribution in [0.25, 0.3) is 0 Å². The Morgan fingerprint density at radius 1 is 0.605 bits per heavy atom. The van der Waals surface area contributed by atoms with E-state index in [4.69, 9.17) is 19.3 Å². The van der Waals surface area contributed by atoms with Crippen LogP contribution in [0, 0.1) is 0 Å². The smallest absolute Gasteiger partial charge is 0.278 e. The lowest BCUT2D eigenvalue weighted by atomic mass is 10.0. The first-order valence-corrected chi connectivity index (χ1v) is 11.9. The van der Waals surface area contributed by atoms with Gasteiger partial charge < -0.3 is 14.2 Å². The number of rotatable bonds is 10. The summed E-state index contributed by atoms with van der Waals surface area (Å²) in [4.78, 5) is 27.0. The molecular weight excluding hydrogens is 480 g/mol. The van der Waals surface area contributed by atoms with Crippen LogP contribution in [0.1, 0.15) is 32.7 Å². The number of carbonyl (C=O) groups excluding carboxylic acids is 2. The topological polar surface area (TPSA) is 77.4 Å². The molecule has 4 aromatic rings. The predicted molar refractivity (Wildman–Crippen MR) is 148 cm³/mol. The lowest BCUT2D eigenvalue weighted by Crippen LogP contribution is -2.28. The molecule has 0 atom stereocenters. The number of ether oxygens (including phenoxy) is 3. The van der Waals surface area contributed by atoms with Crippen molar-refractivity contribution in [2.75, 3.05) is 26.3 Å². The fourth-order valence-electron chi connectivity index (χ4n) is 3.78. The number of Topliss-reactive ketones (excluding diaryl/α,β-unsaturated/α-hetero) is 1. The van der Waals surface area contributed by atoms with Crippen LogP contribution in [0.4, 0.5) is 5.69 Å². The molecular formula is C31H28N2O5. The Balaban J connectivity index is 1.77. The second kappa shape index (κ2) is 12.4. The summed E-state index contributed by atoms with van der Waals surface area (Å²) < 4.78 is 15.7. The van der Waals surface area contributed by atoms with Crippen LogP contribution in [0.15, 0.2) is 108 Å². The summed E-state index contributed by atoms with van der Waals surface area (Å²) >= 11 is 0. The van der Waals surface area contributed by atoms with Gasteiger partial charge >= 0.3 is 0 Å². The third-order valence-electron chi connectivity index (χ3n) is 5.91. The SMILES string of the molecule is COc1ccc(C(=O)CC(=NN(C(=O)c2ccc(OC)cc2)c2ccccc2)c2ccc(OC)cc2)cc1. The van der Waals surface area contributed by atoms with Crippen LogP contribution in [0.2, 0.25) is 0 Å². The molecule has 1 amide bonds. The molecule has 0 N–H and O–H groups in total. The van der Waals surface area contributed by atoms with E-state index in [1.165, 1.54) is 5.01 Å². The number of hydrogen-bond acceptors (Lipinski definition) is 6. The molecule has 0 aliphatic heterocycles. The summed E-state index contributed by atoms with van der Waals surface area (Å²) in [5.74, 6) is 1.48. The summed E-state index contributed by atoms with van der Waals surface area (Å²) in [6, 6.07) is 30.0. The first kappa shape index (κ1) is 26.2. The molecule has 7 heteroatoms. The van der Waals surface area contributed by atoms with E-state index in [0.717, 1.165) is 0 Å². The van der Waals surface area contributed by atoms with Gasteiger partial charge in [0, 0.05) is 11.1 Å². The number of carbonyl (C=O) groups is 2. The highest BCUT2D eigenvalue weighted by Crippen LogP contribution is 2.23. The lowest BCUT2D eigenvalue weighted by Gasteiger charge is -2.20. The number of nitrogens with zero attached hydrogens (tertiary/aromatic N) is 2. The Bertz CT molecular complexity index is 1400. The van der Waals surface area contributed by atoms with E-state index in [2.05, 4.69) is 0 Å². The zero-order chi connectivity index (χ0) is 26.9. The maximum Gasteiger partial charge on any atom is 0.278 e. The zero-order valence-electron chi connectivity index (χ0n) is 21.5. The second-order valence-electron chi connectivity index (χ2n) is 8.28. The molecule has 38 heavy (non-hydrogen) atoms. The molecule has 0 radical (unpaired) electrons. The third-order valence-corrected chi connectivity index (χ3v) is 5.91. The monoisotopic (exact) mass is 508 g/mol. The van der Waals surface area contributed by atoms with Gasteiger partial charge in [0.1, 0.15) is 17.2 Å². The molecule has 0 heterocycles.